The third-order valence-electron chi connectivity index (χ3n) is 5.06. The van der Waals surface area contributed by atoms with Crippen LogP contribution in [-0.4, -0.2) is 33.6 Å². The molecule has 0 aromatic carbocycles. The molecule has 0 amide bonds. The van der Waals surface area contributed by atoms with Gasteiger partial charge in [-0.05, 0) is 25.7 Å². The number of methoxy groups -OCH3 is 1. The largest absolute Gasteiger partial charge is 0.385 e. The maximum atomic E-state index is 11.9. The first-order valence-electron chi connectivity index (χ1n) is 11.5. The predicted octanol–water partition coefficient (Wildman–Crippen LogP) is 7.64. The molecular weight excluding hydrogens is 327 g/mol. The highest BCUT2D eigenvalue weighted by atomic mass is 19.1. The van der Waals surface area contributed by atoms with Gasteiger partial charge in [-0.25, -0.2) is 0 Å². The van der Waals surface area contributed by atoms with Gasteiger partial charge in [0.05, 0.1) is 6.67 Å². The first kappa shape index (κ1) is 25.9. The number of unbranched alkanes of at least 4 members (excludes halogenated alkanes) is 16. The Morgan fingerprint density at radius 3 is 1.08 bits per heavy atom. The number of hydrogen-bond acceptors (Lipinski definition) is 2. The molecule has 0 bridgehead atoms. The molecule has 0 saturated carbocycles. The molecule has 0 aliphatic carbocycles. The molecule has 0 radical (unpaired) electrons. The first-order valence-corrected chi connectivity index (χ1v) is 11.5. The van der Waals surface area contributed by atoms with Crippen molar-refractivity contribution < 1.29 is 13.9 Å². The first-order chi connectivity index (χ1) is 12.9. The molecule has 2 nitrogen and oxygen atoms in total. The summed E-state index contributed by atoms with van der Waals surface area (Å²) in [6, 6.07) is 0. The number of ether oxygens (including phenoxy) is 2. The lowest BCUT2D eigenvalue weighted by molar-refractivity contribution is 0.125. The van der Waals surface area contributed by atoms with Crippen LogP contribution in [0.1, 0.15) is 116 Å². The van der Waals surface area contributed by atoms with Crippen LogP contribution in [-0.2, 0) is 9.47 Å². The van der Waals surface area contributed by atoms with Crippen molar-refractivity contribution in [3.63, 3.8) is 0 Å². The van der Waals surface area contributed by atoms with Gasteiger partial charge in [-0.3, -0.25) is 4.39 Å². The van der Waals surface area contributed by atoms with E-state index in [1.165, 1.54) is 103 Å². The number of rotatable bonds is 23. The third-order valence-corrected chi connectivity index (χ3v) is 5.06. The zero-order chi connectivity index (χ0) is 19.0. The predicted molar refractivity (Wildman–Crippen MR) is 112 cm³/mol. The van der Waals surface area contributed by atoms with E-state index in [0.29, 0.717) is 0 Å². The Kier molecular flexibility index (Phi) is 24.7. The molecule has 158 valence electrons. The minimum absolute atomic E-state index is 0.154. The van der Waals surface area contributed by atoms with Crippen LogP contribution in [0.2, 0.25) is 0 Å². The van der Waals surface area contributed by atoms with Crippen molar-refractivity contribution >= 4 is 0 Å². The summed E-state index contributed by atoms with van der Waals surface area (Å²) in [5.74, 6) is 0. The molecule has 0 spiro atoms. The molecule has 0 fully saturated rings. The van der Waals surface area contributed by atoms with Gasteiger partial charge in [0.15, 0.2) is 0 Å². The molecular formula is C23H47FO2. The van der Waals surface area contributed by atoms with E-state index in [4.69, 9.17) is 9.47 Å². The van der Waals surface area contributed by atoms with E-state index in [9.17, 15) is 4.39 Å². The van der Waals surface area contributed by atoms with Crippen LogP contribution < -0.4 is 0 Å². The highest BCUT2D eigenvalue weighted by Crippen LogP contribution is 2.12. The molecule has 0 aliphatic heterocycles. The molecule has 0 atom stereocenters. The van der Waals surface area contributed by atoms with Gasteiger partial charge >= 0.3 is 0 Å². The summed E-state index contributed by atoms with van der Waals surface area (Å²) in [6.07, 6.45) is 22.9. The summed E-state index contributed by atoms with van der Waals surface area (Å²) >= 11 is 0. The number of alkyl halides is 1. The lowest BCUT2D eigenvalue weighted by atomic mass is 10.1. The summed E-state index contributed by atoms with van der Waals surface area (Å²) < 4.78 is 22.7. The minimum atomic E-state index is -0.154. The molecule has 0 heterocycles. The van der Waals surface area contributed by atoms with Crippen molar-refractivity contribution in [3.05, 3.63) is 0 Å². The van der Waals surface area contributed by atoms with Crippen molar-refractivity contribution in [2.75, 3.05) is 33.6 Å². The second-order valence-electron chi connectivity index (χ2n) is 7.66. The summed E-state index contributed by atoms with van der Waals surface area (Å²) in [5, 5.41) is 0. The average Bonchev–Trinajstić information content (AvgIpc) is 2.66. The van der Waals surface area contributed by atoms with Gasteiger partial charge in [0, 0.05) is 26.9 Å². The average molecular weight is 375 g/mol. The van der Waals surface area contributed by atoms with Gasteiger partial charge < -0.3 is 9.47 Å². The molecule has 0 unspecified atom stereocenters. The molecule has 0 aromatic heterocycles. The van der Waals surface area contributed by atoms with Crippen molar-refractivity contribution in [2.45, 2.75) is 116 Å². The second-order valence-corrected chi connectivity index (χ2v) is 7.66. The zero-order valence-corrected chi connectivity index (χ0v) is 17.8. The number of halogens is 1. The fraction of sp³-hybridized carbons (Fsp3) is 1.00. The zero-order valence-electron chi connectivity index (χ0n) is 17.8. The lowest BCUT2D eigenvalue weighted by Crippen LogP contribution is -1.97. The van der Waals surface area contributed by atoms with E-state index in [1.807, 2.05) is 0 Å². The Morgan fingerprint density at radius 2 is 0.731 bits per heavy atom. The number of hydrogen-bond donors (Lipinski definition) is 0. The lowest BCUT2D eigenvalue weighted by Gasteiger charge is -2.05. The maximum Gasteiger partial charge on any atom is 0.0894 e. The molecule has 0 aromatic rings. The topological polar surface area (TPSA) is 18.5 Å². The van der Waals surface area contributed by atoms with E-state index in [0.717, 1.165) is 32.7 Å². The minimum Gasteiger partial charge on any atom is -0.385 e. The normalized spacial score (nSPS) is 11.3. The van der Waals surface area contributed by atoms with Crippen molar-refractivity contribution in [2.24, 2.45) is 0 Å². The highest BCUT2D eigenvalue weighted by molar-refractivity contribution is 4.49. The second kappa shape index (κ2) is 24.8. The van der Waals surface area contributed by atoms with Crippen LogP contribution in [0.25, 0.3) is 0 Å². The summed E-state index contributed by atoms with van der Waals surface area (Å²) in [6.45, 7) is 2.62. The summed E-state index contributed by atoms with van der Waals surface area (Å²) in [7, 11) is 1.79. The Bertz CT molecular complexity index is 212. The van der Waals surface area contributed by atoms with Gasteiger partial charge in [-0.2, -0.15) is 0 Å². The Labute approximate surface area is 163 Å². The molecule has 26 heavy (non-hydrogen) atoms. The third kappa shape index (κ3) is 23.9. The van der Waals surface area contributed by atoms with Gasteiger partial charge in [0.2, 0.25) is 0 Å². The van der Waals surface area contributed by atoms with Gasteiger partial charge in [0.1, 0.15) is 0 Å². The van der Waals surface area contributed by atoms with E-state index >= 15 is 0 Å². The van der Waals surface area contributed by atoms with Crippen LogP contribution in [0.5, 0.6) is 0 Å². The van der Waals surface area contributed by atoms with E-state index in [1.54, 1.807) is 7.11 Å². The molecule has 0 N–H and O–H groups in total. The standard InChI is InChI=1S/C23H47FO2/c1-25-21-17-13-9-6-4-2-3-5-7-10-14-18-22-26-23-19-15-11-8-12-16-20-24/h2-23H2,1H3. The van der Waals surface area contributed by atoms with Crippen LogP contribution in [0.4, 0.5) is 4.39 Å². The van der Waals surface area contributed by atoms with E-state index < -0.39 is 0 Å². The molecule has 0 saturated heterocycles. The SMILES string of the molecule is COCCCCCCCCCCCCCCOCCCCCCCCF. The van der Waals surface area contributed by atoms with Crippen molar-refractivity contribution in [3.8, 4) is 0 Å². The van der Waals surface area contributed by atoms with Crippen LogP contribution in [0.15, 0.2) is 0 Å². The quantitative estimate of drug-likeness (QED) is 0.171. The van der Waals surface area contributed by atoms with Gasteiger partial charge in [0.25, 0.3) is 0 Å². The van der Waals surface area contributed by atoms with Crippen LogP contribution in [0.3, 0.4) is 0 Å². The van der Waals surface area contributed by atoms with Gasteiger partial charge in [-0.15, -0.1) is 0 Å². The van der Waals surface area contributed by atoms with E-state index in [-0.39, 0.29) is 6.67 Å². The molecule has 0 aliphatic rings. The summed E-state index contributed by atoms with van der Waals surface area (Å²) in [5.41, 5.74) is 0. The van der Waals surface area contributed by atoms with Crippen LogP contribution in [0, 0.1) is 0 Å². The highest BCUT2D eigenvalue weighted by Gasteiger charge is 1.95. The smallest absolute Gasteiger partial charge is 0.0894 e. The Balaban J connectivity index is 2.95. The monoisotopic (exact) mass is 374 g/mol. The molecule has 3 heteroatoms. The fourth-order valence-electron chi connectivity index (χ4n) is 3.33. The summed E-state index contributed by atoms with van der Waals surface area (Å²) in [4.78, 5) is 0. The maximum absolute atomic E-state index is 11.9. The van der Waals surface area contributed by atoms with Crippen LogP contribution >= 0.6 is 0 Å². The fourth-order valence-corrected chi connectivity index (χ4v) is 3.33. The van der Waals surface area contributed by atoms with E-state index in [2.05, 4.69) is 0 Å². The Hall–Kier alpha value is -0.150. The van der Waals surface area contributed by atoms with Crippen molar-refractivity contribution in [1.29, 1.82) is 0 Å². The Morgan fingerprint density at radius 1 is 0.423 bits per heavy atom. The van der Waals surface area contributed by atoms with Gasteiger partial charge in [-0.1, -0.05) is 89.9 Å². The van der Waals surface area contributed by atoms with Crippen molar-refractivity contribution in [1.82, 2.24) is 0 Å². The molecule has 0 rings (SSSR count).